The number of unbranched alkanes of at least 4 members (excludes halogenated alkanes) is 1. The topological polar surface area (TPSA) is 65.0 Å². The summed E-state index contributed by atoms with van der Waals surface area (Å²) in [5.74, 6) is 0.352. The number of esters is 1. The fraction of sp³-hybridized carbons (Fsp3) is 0.857. The summed E-state index contributed by atoms with van der Waals surface area (Å²) in [6.07, 6.45) is 8.58. The van der Waals surface area contributed by atoms with Crippen molar-refractivity contribution in [3.8, 4) is 0 Å². The first-order valence-corrected chi connectivity index (χ1v) is 13.2. The number of carbonyl (C=O) groups excluding carboxylic acids is 1. The van der Waals surface area contributed by atoms with Gasteiger partial charge in [0.1, 0.15) is 0 Å². The van der Waals surface area contributed by atoms with Crippen molar-refractivity contribution in [3.05, 3.63) is 12.2 Å². The molecule has 0 aromatic heterocycles. The molecule has 5 atom stereocenters. The van der Waals surface area contributed by atoms with Gasteiger partial charge in [0.15, 0.2) is 8.32 Å². The molecule has 0 aliphatic carbocycles. The Labute approximate surface area is 165 Å². The summed E-state index contributed by atoms with van der Waals surface area (Å²) in [4.78, 5) is 11.1. The molecule has 156 valence electrons. The van der Waals surface area contributed by atoms with Crippen molar-refractivity contribution in [1.29, 1.82) is 0 Å². The highest BCUT2D eigenvalue weighted by molar-refractivity contribution is 6.74. The van der Waals surface area contributed by atoms with E-state index in [9.17, 15) is 9.90 Å². The van der Waals surface area contributed by atoms with Gasteiger partial charge >= 0.3 is 5.97 Å². The first-order valence-electron chi connectivity index (χ1n) is 10.3. The summed E-state index contributed by atoms with van der Waals surface area (Å²) in [5, 5.41) is 10.0. The van der Waals surface area contributed by atoms with E-state index in [0.717, 1.165) is 25.7 Å². The lowest BCUT2D eigenvalue weighted by Crippen LogP contribution is -2.49. The normalized spacial score (nSPS) is 31.0. The van der Waals surface area contributed by atoms with Gasteiger partial charge in [0, 0.05) is 25.4 Å². The van der Waals surface area contributed by atoms with Crippen molar-refractivity contribution in [3.63, 3.8) is 0 Å². The number of ether oxygens (including phenoxy) is 2. The van der Waals surface area contributed by atoms with Gasteiger partial charge in [0.2, 0.25) is 0 Å². The van der Waals surface area contributed by atoms with Crippen LogP contribution in [0.25, 0.3) is 0 Å². The Morgan fingerprint density at radius 1 is 1.26 bits per heavy atom. The summed E-state index contributed by atoms with van der Waals surface area (Å²) in [6.45, 7) is 11.5. The molecule has 2 aliphatic heterocycles. The molecule has 2 aliphatic rings. The van der Waals surface area contributed by atoms with Gasteiger partial charge < -0.3 is 19.0 Å². The van der Waals surface area contributed by atoms with Crippen molar-refractivity contribution < 1.29 is 23.8 Å². The third-order valence-electron chi connectivity index (χ3n) is 6.63. The maximum atomic E-state index is 11.1. The summed E-state index contributed by atoms with van der Waals surface area (Å²) < 4.78 is 17.5. The molecule has 5 unspecified atom stereocenters. The molecule has 0 saturated carbocycles. The van der Waals surface area contributed by atoms with Crippen LogP contribution in [0.15, 0.2) is 12.2 Å². The molecule has 0 aromatic rings. The van der Waals surface area contributed by atoms with Crippen molar-refractivity contribution in [2.75, 3.05) is 13.7 Å². The second-order valence-corrected chi connectivity index (χ2v) is 14.2. The van der Waals surface area contributed by atoms with Crippen LogP contribution in [0, 0.1) is 11.8 Å². The lowest BCUT2D eigenvalue weighted by Gasteiger charge is -2.41. The molecule has 6 heteroatoms. The number of methoxy groups -OCH3 is 1. The Morgan fingerprint density at radius 3 is 2.56 bits per heavy atom. The minimum Gasteiger partial charge on any atom is -0.469 e. The number of aliphatic hydroxyl groups is 1. The molecule has 0 aromatic carbocycles. The fourth-order valence-corrected chi connectivity index (χ4v) is 5.29. The van der Waals surface area contributed by atoms with Gasteiger partial charge in [0.25, 0.3) is 0 Å². The van der Waals surface area contributed by atoms with E-state index in [1.54, 1.807) is 0 Å². The fourth-order valence-electron chi connectivity index (χ4n) is 3.95. The monoisotopic (exact) mass is 398 g/mol. The Hall–Kier alpha value is -0.693. The number of hydrogen-bond acceptors (Lipinski definition) is 5. The van der Waals surface area contributed by atoms with Gasteiger partial charge in [-0.05, 0) is 43.3 Å². The first kappa shape index (κ1) is 22.6. The third kappa shape index (κ3) is 5.43. The Balaban J connectivity index is 1.90. The molecule has 27 heavy (non-hydrogen) atoms. The number of allylic oxidation sites excluding steroid dienone is 2. The van der Waals surface area contributed by atoms with Crippen LogP contribution in [0.4, 0.5) is 0 Å². The quantitative estimate of drug-likeness (QED) is 0.275. The Morgan fingerprint density at radius 2 is 1.96 bits per heavy atom. The van der Waals surface area contributed by atoms with Crippen LogP contribution in [0.3, 0.4) is 0 Å². The number of fused-ring (bicyclic) bond motifs is 2. The molecule has 0 spiro atoms. The molecule has 0 radical (unpaired) electrons. The van der Waals surface area contributed by atoms with Crippen molar-refractivity contribution >= 4 is 14.3 Å². The van der Waals surface area contributed by atoms with Gasteiger partial charge in [0.05, 0.1) is 25.4 Å². The molecule has 1 N–H and O–H groups in total. The highest BCUT2D eigenvalue weighted by atomic mass is 28.4. The summed E-state index contributed by atoms with van der Waals surface area (Å²) in [5.41, 5.74) is 0. The molecule has 2 saturated heterocycles. The molecule has 0 amide bonds. The van der Waals surface area contributed by atoms with E-state index in [0.29, 0.717) is 12.3 Å². The Bertz CT molecular complexity index is 525. The third-order valence-corrected chi connectivity index (χ3v) is 11.1. The maximum Gasteiger partial charge on any atom is 0.305 e. The van der Waals surface area contributed by atoms with E-state index in [-0.39, 0.29) is 41.8 Å². The smallest absolute Gasteiger partial charge is 0.305 e. The summed E-state index contributed by atoms with van der Waals surface area (Å²) in [7, 11) is -0.416. The van der Waals surface area contributed by atoms with Crippen LogP contribution in [0.5, 0.6) is 0 Å². The van der Waals surface area contributed by atoms with Crippen molar-refractivity contribution in [2.24, 2.45) is 11.8 Å². The van der Waals surface area contributed by atoms with Gasteiger partial charge in [-0.15, -0.1) is 0 Å². The van der Waals surface area contributed by atoms with Crippen LogP contribution in [0.2, 0.25) is 18.1 Å². The second-order valence-electron chi connectivity index (χ2n) is 9.48. The first-order chi connectivity index (χ1) is 12.6. The van der Waals surface area contributed by atoms with Crippen molar-refractivity contribution in [2.45, 2.75) is 89.3 Å². The largest absolute Gasteiger partial charge is 0.469 e. The zero-order valence-electron chi connectivity index (χ0n) is 17.9. The second kappa shape index (κ2) is 9.20. The maximum absolute atomic E-state index is 11.1. The molecular formula is C21H38O5Si. The average molecular weight is 399 g/mol. The van der Waals surface area contributed by atoms with E-state index in [1.165, 1.54) is 7.11 Å². The standard InChI is InChI=1S/C21H38O5Si/c1-21(2,3)27(5,6)26-18-13-17-16(14-22)15(20(18)25-17)11-9-7-8-10-12-19(23)24-4/h7,9,15-18,20,22H,8,10-14H2,1-6H3/b9-7+. The van der Waals surface area contributed by atoms with Gasteiger partial charge in [-0.3, -0.25) is 4.79 Å². The SMILES string of the molecule is COC(=O)CCC/C=C/CC1C(CO)C2CC(O[Si](C)(C)C(C)(C)C)C1O2. The molecular weight excluding hydrogens is 360 g/mol. The van der Waals surface area contributed by atoms with E-state index in [1.807, 2.05) is 0 Å². The predicted octanol–water partition coefficient (Wildman–Crippen LogP) is 4.06. The van der Waals surface area contributed by atoms with Crippen LogP contribution >= 0.6 is 0 Å². The van der Waals surface area contributed by atoms with E-state index < -0.39 is 8.32 Å². The van der Waals surface area contributed by atoms with E-state index in [2.05, 4.69) is 50.8 Å². The minimum atomic E-state index is -1.84. The highest BCUT2D eigenvalue weighted by Gasteiger charge is 2.55. The lowest BCUT2D eigenvalue weighted by molar-refractivity contribution is -0.140. The van der Waals surface area contributed by atoms with Gasteiger partial charge in [-0.2, -0.15) is 0 Å². The average Bonchev–Trinajstić information content (AvgIpc) is 3.13. The number of rotatable bonds is 9. The molecule has 2 rings (SSSR count). The van der Waals surface area contributed by atoms with Crippen LogP contribution in [0.1, 0.15) is 52.9 Å². The van der Waals surface area contributed by atoms with Crippen molar-refractivity contribution in [1.82, 2.24) is 0 Å². The van der Waals surface area contributed by atoms with Crippen LogP contribution in [-0.4, -0.2) is 51.4 Å². The highest BCUT2D eigenvalue weighted by Crippen LogP contribution is 2.48. The van der Waals surface area contributed by atoms with Crippen LogP contribution in [-0.2, 0) is 18.7 Å². The molecule has 2 fully saturated rings. The predicted molar refractivity (Wildman–Crippen MR) is 109 cm³/mol. The lowest BCUT2D eigenvalue weighted by atomic mass is 9.76. The van der Waals surface area contributed by atoms with Gasteiger partial charge in [-0.25, -0.2) is 0 Å². The minimum absolute atomic E-state index is 0.0843. The summed E-state index contributed by atoms with van der Waals surface area (Å²) in [6, 6.07) is 0. The molecule has 2 bridgehead atoms. The molecule has 2 heterocycles. The zero-order valence-corrected chi connectivity index (χ0v) is 18.9. The van der Waals surface area contributed by atoms with E-state index in [4.69, 9.17) is 9.16 Å². The Kier molecular flexibility index (Phi) is 7.70. The number of hydrogen-bond donors (Lipinski definition) is 1. The zero-order chi connectivity index (χ0) is 20.2. The number of carbonyl (C=O) groups is 1. The van der Waals surface area contributed by atoms with E-state index >= 15 is 0 Å². The van der Waals surface area contributed by atoms with Gasteiger partial charge in [-0.1, -0.05) is 32.9 Å². The number of aliphatic hydroxyl groups excluding tert-OH is 1. The molecule has 5 nitrogen and oxygen atoms in total. The summed E-state index contributed by atoms with van der Waals surface area (Å²) >= 11 is 0. The van der Waals surface area contributed by atoms with Crippen LogP contribution < -0.4 is 0 Å².